The molecule has 0 amide bonds. The van der Waals surface area contributed by atoms with Crippen molar-refractivity contribution in [1.82, 2.24) is 9.97 Å². The molecule has 0 aliphatic carbocycles. The van der Waals surface area contributed by atoms with E-state index in [1.54, 1.807) is 12.4 Å². The monoisotopic (exact) mass is 271 g/mol. The minimum Gasteiger partial charge on any atom is -0.474 e. The molecule has 18 heavy (non-hydrogen) atoms. The van der Waals surface area contributed by atoms with Crippen LogP contribution in [-0.2, 0) is 0 Å². The fraction of sp³-hybridized carbons (Fsp3) is 0.692. The molecular formula is C13H22ClN3O. The number of rotatable bonds is 9. The van der Waals surface area contributed by atoms with Gasteiger partial charge in [-0.1, -0.05) is 12.8 Å². The molecular weight excluding hydrogens is 250 g/mol. The average molecular weight is 272 g/mol. The van der Waals surface area contributed by atoms with Gasteiger partial charge in [-0.05, 0) is 26.7 Å². The summed E-state index contributed by atoms with van der Waals surface area (Å²) < 4.78 is 5.49. The summed E-state index contributed by atoms with van der Waals surface area (Å²) in [6.45, 7) is 4.85. The van der Waals surface area contributed by atoms with Crippen LogP contribution in [-0.4, -0.2) is 28.5 Å². The van der Waals surface area contributed by atoms with Crippen molar-refractivity contribution in [3.05, 3.63) is 12.4 Å². The van der Waals surface area contributed by atoms with E-state index in [0.29, 0.717) is 5.88 Å². The molecule has 1 N–H and O–H groups in total. The van der Waals surface area contributed by atoms with Crippen LogP contribution in [0.1, 0.15) is 39.5 Å². The molecule has 0 saturated carbocycles. The first-order valence-electron chi connectivity index (χ1n) is 6.51. The molecule has 0 radical (unpaired) electrons. The summed E-state index contributed by atoms with van der Waals surface area (Å²) in [5, 5.41) is 3.25. The van der Waals surface area contributed by atoms with E-state index < -0.39 is 0 Å². The second-order valence-electron chi connectivity index (χ2n) is 4.44. The Kier molecular flexibility index (Phi) is 7.49. The number of hydrogen-bond donors (Lipinski definition) is 1. The van der Waals surface area contributed by atoms with Gasteiger partial charge in [0.15, 0.2) is 0 Å². The van der Waals surface area contributed by atoms with Crippen molar-refractivity contribution in [2.75, 3.05) is 17.7 Å². The molecule has 1 rings (SSSR count). The largest absolute Gasteiger partial charge is 0.474 e. The highest BCUT2D eigenvalue weighted by atomic mass is 35.5. The first kappa shape index (κ1) is 15.0. The summed E-state index contributed by atoms with van der Waals surface area (Å²) in [7, 11) is 0. The Labute approximate surface area is 114 Å². The van der Waals surface area contributed by atoms with E-state index in [1.807, 2.05) is 13.8 Å². The lowest BCUT2D eigenvalue weighted by atomic mass is 10.2. The zero-order chi connectivity index (χ0) is 13.2. The number of nitrogens with zero attached hydrogens (tertiary/aromatic N) is 2. The SMILES string of the molecule is CC(C)Oc1cncc(NCCCCCCCl)n1. The summed E-state index contributed by atoms with van der Waals surface area (Å²) in [5.74, 6) is 2.09. The van der Waals surface area contributed by atoms with Crippen molar-refractivity contribution < 1.29 is 4.74 Å². The summed E-state index contributed by atoms with van der Waals surface area (Å²) in [4.78, 5) is 8.43. The number of unbranched alkanes of at least 4 members (excludes halogenated alkanes) is 3. The van der Waals surface area contributed by atoms with Crippen LogP contribution < -0.4 is 10.1 Å². The van der Waals surface area contributed by atoms with Crippen LogP contribution in [0.5, 0.6) is 5.88 Å². The second-order valence-corrected chi connectivity index (χ2v) is 4.82. The van der Waals surface area contributed by atoms with Crippen LogP contribution >= 0.6 is 11.6 Å². The first-order chi connectivity index (χ1) is 8.72. The van der Waals surface area contributed by atoms with Crippen LogP contribution in [0.4, 0.5) is 5.82 Å². The molecule has 1 heterocycles. The molecule has 0 unspecified atom stereocenters. The fourth-order valence-electron chi connectivity index (χ4n) is 1.52. The lowest BCUT2D eigenvalue weighted by molar-refractivity contribution is 0.232. The Morgan fingerprint density at radius 2 is 2.00 bits per heavy atom. The molecule has 0 bridgehead atoms. The third-order valence-corrected chi connectivity index (χ3v) is 2.60. The number of alkyl halides is 1. The van der Waals surface area contributed by atoms with Gasteiger partial charge < -0.3 is 10.1 Å². The second kappa shape index (κ2) is 8.97. The van der Waals surface area contributed by atoms with E-state index in [9.17, 15) is 0 Å². The number of aromatic nitrogens is 2. The fourth-order valence-corrected chi connectivity index (χ4v) is 1.71. The topological polar surface area (TPSA) is 47.0 Å². The molecule has 4 nitrogen and oxygen atoms in total. The lowest BCUT2D eigenvalue weighted by Gasteiger charge is -2.10. The number of anilines is 1. The lowest BCUT2D eigenvalue weighted by Crippen LogP contribution is -2.09. The molecule has 0 atom stereocenters. The Morgan fingerprint density at radius 3 is 2.72 bits per heavy atom. The molecule has 0 aromatic carbocycles. The van der Waals surface area contributed by atoms with E-state index in [2.05, 4.69) is 15.3 Å². The quantitative estimate of drug-likeness (QED) is 0.552. The maximum atomic E-state index is 5.62. The van der Waals surface area contributed by atoms with E-state index in [4.69, 9.17) is 16.3 Å². The smallest absolute Gasteiger partial charge is 0.234 e. The highest BCUT2D eigenvalue weighted by Crippen LogP contribution is 2.11. The number of nitrogens with one attached hydrogen (secondary N) is 1. The van der Waals surface area contributed by atoms with Gasteiger partial charge in [-0.15, -0.1) is 11.6 Å². The van der Waals surface area contributed by atoms with Gasteiger partial charge >= 0.3 is 0 Å². The predicted octanol–water partition coefficient (Wildman–Crippen LogP) is 3.47. The maximum absolute atomic E-state index is 5.62. The molecule has 1 aromatic heterocycles. The van der Waals surface area contributed by atoms with E-state index in [-0.39, 0.29) is 6.10 Å². The van der Waals surface area contributed by atoms with E-state index >= 15 is 0 Å². The molecule has 0 fully saturated rings. The third kappa shape index (κ3) is 6.64. The minimum absolute atomic E-state index is 0.116. The van der Waals surface area contributed by atoms with Crippen molar-refractivity contribution in [2.24, 2.45) is 0 Å². The van der Waals surface area contributed by atoms with Crippen molar-refractivity contribution in [3.63, 3.8) is 0 Å². The van der Waals surface area contributed by atoms with Gasteiger partial charge in [0.25, 0.3) is 0 Å². The van der Waals surface area contributed by atoms with Crippen LogP contribution in [0, 0.1) is 0 Å². The standard InChI is InChI=1S/C13H22ClN3O/c1-11(2)18-13-10-15-9-12(17-13)16-8-6-4-3-5-7-14/h9-11H,3-8H2,1-2H3,(H,16,17). The van der Waals surface area contributed by atoms with Crippen LogP contribution in [0.2, 0.25) is 0 Å². The van der Waals surface area contributed by atoms with Gasteiger partial charge in [0, 0.05) is 12.4 Å². The zero-order valence-electron chi connectivity index (χ0n) is 11.2. The average Bonchev–Trinajstić information content (AvgIpc) is 2.33. The highest BCUT2D eigenvalue weighted by Gasteiger charge is 2.01. The van der Waals surface area contributed by atoms with Crippen LogP contribution in [0.3, 0.4) is 0 Å². The van der Waals surface area contributed by atoms with Crippen molar-refractivity contribution in [1.29, 1.82) is 0 Å². The molecule has 0 aliphatic heterocycles. The summed E-state index contributed by atoms with van der Waals surface area (Å²) in [5.41, 5.74) is 0. The third-order valence-electron chi connectivity index (χ3n) is 2.34. The normalized spacial score (nSPS) is 10.7. The Morgan fingerprint density at radius 1 is 1.22 bits per heavy atom. The number of ether oxygens (including phenoxy) is 1. The van der Waals surface area contributed by atoms with Gasteiger partial charge in [-0.25, -0.2) is 0 Å². The molecule has 0 spiro atoms. The first-order valence-corrected chi connectivity index (χ1v) is 7.04. The number of halogens is 1. The van der Waals surface area contributed by atoms with Crippen LogP contribution in [0.15, 0.2) is 12.4 Å². The molecule has 0 aliphatic rings. The van der Waals surface area contributed by atoms with Crippen molar-refractivity contribution in [2.45, 2.75) is 45.6 Å². The molecule has 5 heteroatoms. The molecule has 0 saturated heterocycles. The summed E-state index contributed by atoms with van der Waals surface area (Å²) in [6.07, 6.45) is 8.05. The highest BCUT2D eigenvalue weighted by molar-refractivity contribution is 6.17. The maximum Gasteiger partial charge on any atom is 0.234 e. The number of hydrogen-bond acceptors (Lipinski definition) is 4. The summed E-state index contributed by atoms with van der Waals surface area (Å²) >= 11 is 5.62. The van der Waals surface area contributed by atoms with Crippen LogP contribution in [0.25, 0.3) is 0 Å². The van der Waals surface area contributed by atoms with Crippen molar-refractivity contribution >= 4 is 17.4 Å². The van der Waals surface area contributed by atoms with E-state index in [0.717, 1.165) is 31.1 Å². The van der Waals surface area contributed by atoms with Gasteiger partial charge in [0.2, 0.25) is 5.88 Å². The molecule has 102 valence electrons. The Hall–Kier alpha value is -1.03. The van der Waals surface area contributed by atoms with Gasteiger partial charge in [-0.3, -0.25) is 4.98 Å². The molecule has 1 aromatic rings. The zero-order valence-corrected chi connectivity index (χ0v) is 11.9. The van der Waals surface area contributed by atoms with Gasteiger partial charge in [-0.2, -0.15) is 4.98 Å². The Balaban J connectivity index is 2.25. The van der Waals surface area contributed by atoms with Crippen molar-refractivity contribution in [3.8, 4) is 5.88 Å². The van der Waals surface area contributed by atoms with Gasteiger partial charge in [0.1, 0.15) is 5.82 Å². The Bertz CT molecular complexity index is 334. The van der Waals surface area contributed by atoms with E-state index in [1.165, 1.54) is 12.8 Å². The predicted molar refractivity (Wildman–Crippen MR) is 75.5 cm³/mol. The van der Waals surface area contributed by atoms with Gasteiger partial charge in [0.05, 0.1) is 18.5 Å². The minimum atomic E-state index is 0.116. The summed E-state index contributed by atoms with van der Waals surface area (Å²) in [6, 6.07) is 0.